The first-order valence-electron chi connectivity index (χ1n) is 18.2. The van der Waals surface area contributed by atoms with Crippen LogP contribution in [-0.2, 0) is 16.7 Å². The number of rotatable bonds is 14. The molecule has 0 spiro atoms. The van der Waals surface area contributed by atoms with Crippen molar-refractivity contribution < 1.29 is 36.9 Å². The third-order valence-electron chi connectivity index (χ3n) is 10.9. The largest absolute Gasteiger partial charge is 0.493 e. The maximum absolute atomic E-state index is 14.0. The summed E-state index contributed by atoms with van der Waals surface area (Å²) in [6.45, 7) is 7.10. The Kier molecular flexibility index (Phi) is 11.7. The fourth-order valence-corrected chi connectivity index (χ4v) is 7.70. The summed E-state index contributed by atoms with van der Waals surface area (Å²) in [7, 11) is 4.63. The van der Waals surface area contributed by atoms with Gasteiger partial charge in [-0.2, -0.15) is 13.2 Å². The van der Waals surface area contributed by atoms with Gasteiger partial charge in [-0.25, -0.2) is 4.98 Å². The number of methoxy groups -OCH3 is 3. The summed E-state index contributed by atoms with van der Waals surface area (Å²) in [4.78, 5) is 23.2. The Labute approximate surface area is 309 Å². The molecule has 1 N–H and O–H groups in total. The van der Waals surface area contributed by atoms with Crippen LogP contribution in [0.5, 0.6) is 17.2 Å². The molecule has 286 valence electrons. The van der Waals surface area contributed by atoms with Crippen LogP contribution in [0.1, 0.15) is 52.7 Å². The van der Waals surface area contributed by atoms with Gasteiger partial charge in [0.25, 0.3) is 5.91 Å². The lowest BCUT2D eigenvalue weighted by molar-refractivity contribution is -0.174. The molecule has 10 nitrogen and oxygen atoms in total. The molecule has 0 bridgehead atoms. The number of anilines is 1. The molecule has 2 fully saturated rings. The second-order valence-corrected chi connectivity index (χ2v) is 14.2. The zero-order chi connectivity index (χ0) is 37.8. The SMILES string of the molecule is COc1cc(C(=O)N2CCC(CCN3CCC(Nc4nc5ccccc5n4CCOCC(F)(F)F)CC3)(c3ccc(C)c(C)c3)C2)cc(OC)c1OC. The molecule has 0 radical (unpaired) electrons. The smallest absolute Gasteiger partial charge is 0.411 e. The molecule has 3 heterocycles. The second kappa shape index (κ2) is 16.3. The molecule has 1 atom stereocenters. The molecule has 53 heavy (non-hydrogen) atoms. The van der Waals surface area contributed by atoms with Crippen molar-refractivity contribution in [3.05, 3.63) is 76.9 Å². The van der Waals surface area contributed by atoms with Gasteiger partial charge < -0.3 is 38.6 Å². The Hall–Kier alpha value is -4.49. The minimum absolute atomic E-state index is 0.0687. The van der Waals surface area contributed by atoms with Crippen LogP contribution in [0.4, 0.5) is 19.1 Å². The number of imidazole rings is 1. The van der Waals surface area contributed by atoms with Crippen molar-refractivity contribution in [3.63, 3.8) is 0 Å². The number of ether oxygens (including phenoxy) is 4. The van der Waals surface area contributed by atoms with Gasteiger partial charge in [-0.15, -0.1) is 0 Å². The van der Waals surface area contributed by atoms with Crippen LogP contribution in [0.25, 0.3) is 11.0 Å². The highest BCUT2D eigenvalue weighted by atomic mass is 19.4. The highest BCUT2D eigenvalue weighted by molar-refractivity contribution is 5.96. The van der Waals surface area contributed by atoms with Crippen LogP contribution in [0.2, 0.25) is 0 Å². The number of aryl methyl sites for hydroxylation is 2. The molecule has 3 aromatic carbocycles. The molecule has 4 aromatic rings. The summed E-state index contributed by atoms with van der Waals surface area (Å²) < 4.78 is 61.4. The van der Waals surface area contributed by atoms with Crippen molar-refractivity contribution in [3.8, 4) is 17.2 Å². The van der Waals surface area contributed by atoms with Gasteiger partial charge in [-0.1, -0.05) is 30.3 Å². The first-order chi connectivity index (χ1) is 25.4. The van der Waals surface area contributed by atoms with Crippen molar-refractivity contribution in [1.29, 1.82) is 0 Å². The van der Waals surface area contributed by atoms with E-state index in [9.17, 15) is 18.0 Å². The van der Waals surface area contributed by atoms with Crippen LogP contribution in [0.15, 0.2) is 54.6 Å². The summed E-state index contributed by atoms with van der Waals surface area (Å²) in [5.74, 6) is 1.92. The lowest BCUT2D eigenvalue weighted by atomic mass is 9.75. The number of aromatic nitrogens is 2. The number of hydrogen-bond donors (Lipinski definition) is 1. The lowest BCUT2D eigenvalue weighted by Crippen LogP contribution is -2.42. The normalized spacial score (nSPS) is 18.5. The monoisotopic (exact) mass is 737 g/mol. The summed E-state index contributed by atoms with van der Waals surface area (Å²) >= 11 is 0. The van der Waals surface area contributed by atoms with Crippen LogP contribution in [0.3, 0.4) is 0 Å². The van der Waals surface area contributed by atoms with Crippen molar-refractivity contribution in [2.75, 3.05) is 72.6 Å². The maximum atomic E-state index is 14.0. The first kappa shape index (κ1) is 38.2. The standard InChI is InChI=1S/C40H50F3N5O5/c1-27-10-11-30(22-28(27)2)39(15-19-47(25-39)37(49)29-23-34(50-3)36(52-5)35(24-29)51-4)14-18-46-16-12-31(13-17-46)44-38-45-32-8-6-7-9-33(32)48(38)20-21-53-26-40(41,42)43/h6-11,22-24,31H,12-21,25-26H2,1-5H3,(H,44,45). The number of piperidine rings is 1. The fraction of sp³-hybridized carbons (Fsp3) is 0.500. The van der Waals surface area contributed by atoms with Crippen LogP contribution in [-0.4, -0.2) is 105 Å². The Morgan fingerprint density at radius 1 is 0.925 bits per heavy atom. The van der Waals surface area contributed by atoms with Gasteiger partial charge in [0.05, 0.1) is 39.0 Å². The van der Waals surface area contributed by atoms with Crippen molar-refractivity contribution in [2.24, 2.45) is 0 Å². The van der Waals surface area contributed by atoms with Gasteiger partial charge in [-0.3, -0.25) is 4.79 Å². The average Bonchev–Trinajstić information content (AvgIpc) is 3.75. The predicted octanol–water partition coefficient (Wildman–Crippen LogP) is 7.01. The van der Waals surface area contributed by atoms with E-state index in [0.29, 0.717) is 41.8 Å². The molecule has 6 rings (SSSR count). The summed E-state index contributed by atoms with van der Waals surface area (Å²) in [6, 6.07) is 17.9. The quantitative estimate of drug-likeness (QED) is 0.138. The minimum atomic E-state index is -4.36. The molecule has 2 aliphatic heterocycles. The van der Waals surface area contributed by atoms with Gasteiger partial charge in [0.15, 0.2) is 11.5 Å². The van der Waals surface area contributed by atoms with Crippen LogP contribution < -0.4 is 19.5 Å². The number of nitrogens with one attached hydrogen (secondary N) is 1. The average molecular weight is 738 g/mol. The number of alkyl halides is 3. The molecular weight excluding hydrogens is 687 g/mol. The van der Waals surface area contributed by atoms with Crippen molar-refractivity contribution in [1.82, 2.24) is 19.4 Å². The Bertz CT molecular complexity index is 1870. The molecular formula is C40H50F3N5O5. The number of benzene rings is 3. The zero-order valence-electron chi connectivity index (χ0n) is 31.2. The molecule has 2 saturated heterocycles. The molecule has 0 aliphatic carbocycles. The third kappa shape index (κ3) is 8.67. The van der Waals surface area contributed by atoms with E-state index >= 15 is 0 Å². The Morgan fingerprint density at radius 3 is 2.30 bits per heavy atom. The number of nitrogens with zero attached hydrogens (tertiary/aromatic N) is 4. The number of hydrogen-bond acceptors (Lipinski definition) is 8. The maximum Gasteiger partial charge on any atom is 0.411 e. The number of carbonyl (C=O) groups is 1. The van der Waals surface area contributed by atoms with E-state index in [1.807, 2.05) is 33.7 Å². The highest BCUT2D eigenvalue weighted by Crippen LogP contribution is 2.42. The van der Waals surface area contributed by atoms with Crippen molar-refractivity contribution in [2.45, 2.75) is 63.7 Å². The van der Waals surface area contributed by atoms with Gasteiger partial charge in [0.2, 0.25) is 11.7 Å². The molecule has 13 heteroatoms. The van der Waals surface area contributed by atoms with Gasteiger partial charge in [0.1, 0.15) is 6.61 Å². The first-order valence-corrected chi connectivity index (χ1v) is 18.2. The van der Waals surface area contributed by atoms with Gasteiger partial charge >= 0.3 is 6.18 Å². The molecule has 0 saturated carbocycles. The highest BCUT2D eigenvalue weighted by Gasteiger charge is 2.42. The second-order valence-electron chi connectivity index (χ2n) is 14.2. The summed E-state index contributed by atoms with van der Waals surface area (Å²) in [5.41, 5.74) is 5.67. The predicted molar refractivity (Wildman–Crippen MR) is 199 cm³/mol. The number of amides is 1. The van der Waals surface area contributed by atoms with E-state index in [-0.39, 0.29) is 30.5 Å². The number of fused-ring (bicyclic) bond motifs is 1. The fourth-order valence-electron chi connectivity index (χ4n) is 7.70. The topological polar surface area (TPSA) is 90.3 Å². The van der Waals surface area contributed by atoms with E-state index in [0.717, 1.165) is 56.4 Å². The number of halogens is 3. The van der Waals surface area contributed by atoms with E-state index < -0.39 is 12.8 Å². The minimum Gasteiger partial charge on any atom is -0.493 e. The van der Waals surface area contributed by atoms with E-state index in [4.69, 9.17) is 23.9 Å². The molecule has 1 amide bonds. The van der Waals surface area contributed by atoms with Gasteiger partial charge in [-0.05, 0) is 87.0 Å². The van der Waals surface area contributed by atoms with E-state index in [2.05, 4.69) is 42.3 Å². The van der Waals surface area contributed by atoms with E-state index in [1.54, 1.807) is 33.5 Å². The summed E-state index contributed by atoms with van der Waals surface area (Å²) in [5, 5.41) is 3.59. The number of para-hydroxylation sites is 2. The summed E-state index contributed by atoms with van der Waals surface area (Å²) in [6.07, 6.45) is -0.806. The number of likely N-dealkylation sites (tertiary alicyclic amines) is 2. The third-order valence-corrected chi connectivity index (χ3v) is 10.9. The Morgan fingerprint density at radius 2 is 1.64 bits per heavy atom. The van der Waals surface area contributed by atoms with Crippen LogP contribution in [0, 0.1) is 13.8 Å². The zero-order valence-corrected chi connectivity index (χ0v) is 31.2. The van der Waals surface area contributed by atoms with Gasteiger partial charge in [0, 0.05) is 49.7 Å². The molecule has 2 aliphatic rings. The van der Waals surface area contributed by atoms with Crippen LogP contribution >= 0.6 is 0 Å². The number of carbonyl (C=O) groups excluding carboxylic acids is 1. The lowest BCUT2D eigenvalue weighted by Gasteiger charge is -2.36. The van der Waals surface area contributed by atoms with Crippen molar-refractivity contribution >= 4 is 22.9 Å². The van der Waals surface area contributed by atoms with E-state index in [1.165, 1.54) is 16.7 Å². The Balaban J connectivity index is 1.12. The molecule has 1 aromatic heterocycles. The molecule has 1 unspecified atom stereocenters.